The smallest absolute Gasteiger partial charge is 0.0727 e. The molecule has 0 spiro atoms. The number of nitrogens with two attached hydrogens (primary N) is 1. The maximum Gasteiger partial charge on any atom is 0.0727 e. The van der Waals surface area contributed by atoms with Gasteiger partial charge in [0.05, 0.1) is 6.61 Å². The highest BCUT2D eigenvalue weighted by Crippen LogP contribution is 2.25. The number of benzene rings is 1. The lowest BCUT2D eigenvalue weighted by Crippen LogP contribution is -2.13. The van der Waals surface area contributed by atoms with Crippen molar-refractivity contribution in [2.75, 3.05) is 12.3 Å². The maximum absolute atomic E-state index is 5.81. The zero-order valence-electron chi connectivity index (χ0n) is 10.1. The molecular weight excluding hydrogens is 278 g/mol. The second-order valence-electron chi connectivity index (χ2n) is 4.87. The van der Waals surface area contributed by atoms with E-state index >= 15 is 0 Å². The minimum atomic E-state index is 0.678. The van der Waals surface area contributed by atoms with Crippen LogP contribution >= 0.6 is 15.9 Å². The third-order valence-electron chi connectivity index (χ3n) is 3.41. The summed E-state index contributed by atoms with van der Waals surface area (Å²) in [7, 11) is 0. The third kappa shape index (κ3) is 4.00. The van der Waals surface area contributed by atoms with Crippen molar-refractivity contribution in [3.05, 3.63) is 28.2 Å². The first-order valence-corrected chi connectivity index (χ1v) is 7.16. The van der Waals surface area contributed by atoms with Crippen LogP contribution in [0.2, 0.25) is 0 Å². The van der Waals surface area contributed by atoms with E-state index in [1.807, 2.05) is 18.2 Å². The standard InChI is InChI=1S/C14H20BrNO/c15-14-8-13(16)7-6-12(14)10-17-9-11-4-2-1-3-5-11/h6-8,11H,1-5,9-10,16H2. The molecule has 1 aromatic rings. The first kappa shape index (κ1) is 12.9. The van der Waals surface area contributed by atoms with E-state index in [-0.39, 0.29) is 0 Å². The van der Waals surface area contributed by atoms with Gasteiger partial charge in [-0.05, 0) is 36.5 Å². The van der Waals surface area contributed by atoms with Crippen LogP contribution in [-0.2, 0) is 11.3 Å². The van der Waals surface area contributed by atoms with Crippen molar-refractivity contribution < 1.29 is 4.74 Å². The molecule has 1 aliphatic carbocycles. The van der Waals surface area contributed by atoms with Crippen LogP contribution in [0.25, 0.3) is 0 Å². The molecular formula is C14H20BrNO. The van der Waals surface area contributed by atoms with Crippen molar-refractivity contribution in [1.29, 1.82) is 0 Å². The van der Waals surface area contributed by atoms with Gasteiger partial charge in [-0.2, -0.15) is 0 Å². The Hall–Kier alpha value is -0.540. The minimum Gasteiger partial charge on any atom is -0.399 e. The molecule has 0 saturated heterocycles. The van der Waals surface area contributed by atoms with Gasteiger partial charge in [-0.1, -0.05) is 41.3 Å². The van der Waals surface area contributed by atoms with Gasteiger partial charge in [0.2, 0.25) is 0 Å². The first-order valence-electron chi connectivity index (χ1n) is 6.37. The van der Waals surface area contributed by atoms with Crippen molar-refractivity contribution in [2.45, 2.75) is 38.7 Å². The summed E-state index contributed by atoms with van der Waals surface area (Å²) in [6, 6.07) is 5.88. The van der Waals surface area contributed by atoms with Gasteiger partial charge in [-0.15, -0.1) is 0 Å². The summed E-state index contributed by atoms with van der Waals surface area (Å²) in [5.74, 6) is 0.774. The van der Waals surface area contributed by atoms with E-state index in [1.54, 1.807) is 0 Å². The van der Waals surface area contributed by atoms with Gasteiger partial charge in [-0.25, -0.2) is 0 Å². The highest BCUT2D eigenvalue weighted by molar-refractivity contribution is 9.10. The Balaban J connectivity index is 1.77. The average Bonchev–Trinajstić information content (AvgIpc) is 2.33. The van der Waals surface area contributed by atoms with Crippen LogP contribution in [0.5, 0.6) is 0 Å². The normalized spacial score (nSPS) is 17.2. The fraction of sp³-hybridized carbons (Fsp3) is 0.571. The van der Waals surface area contributed by atoms with Crippen LogP contribution in [0, 0.1) is 5.92 Å². The Labute approximate surface area is 112 Å². The molecule has 1 saturated carbocycles. The molecule has 17 heavy (non-hydrogen) atoms. The summed E-state index contributed by atoms with van der Waals surface area (Å²) in [6.07, 6.45) is 6.82. The monoisotopic (exact) mass is 297 g/mol. The van der Waals surface area contributed by atoms with E-state index in [0.29, 0.717) is 6.61 Å². The zero-order chi connectivity index (χ0) is 12.1. The summed E-state index contributed by atoms with van der Waals surface area (Å²) < 4.78 is 6.85. The Bertz CT molecular complexity index is 361. The van der Waals surface area contributed by atoms with Gasteiger partial charge in [0.1, 0.15) is 0 Å². The number of nitrogen functional groups attached to an aromatic ring is 1. The lowest BCUT2D eigenvalue weighted by Gasteiger charge is -2.21. The molecule has 1 fully saturated rings. The SMILES string of the molecule is Nc1ccc(COCC2CCCCC2)c(Br)c1. The molecule has 0 radical (unpaired) electrons. The van der Waals surface area contributed by atoms with E-state index < -0.39 is 0 Å². The van der Waals surface area contributed by atoms with Crippen molar-refractivity contribution in [3.8, 4) is 0 Å². The number of ether oxygens (including phenoxy) is 1. The quantitative estimate of drug-likeness (QED) is 0.848. The van der Waals surface area contributed by atoms with E-state index in [4.69, 9.17) is 10.5 Å². The number of rotatable bonds is 4. The van der Waals surface area contributed by atoms with Crippen molar-refractivity contribution in [2.24, 2.45) is 5.92 Å². The van der Waals surface area contributed by atoms with E-state index in [1.165, 1.54) is 37.7 Å². The zero-order valence-corrected chi connectivity index (χ0v) is 11.7. The Morgan fingerprint density at radius 3 is 2.71 bits per heavy atom. The second-order valence-corrected chi connectivity index (χ2v) is 5.72. The fourth-order valence-electron chi connectivity index (χ4n) is 2.37. The van der Waals surface area contributed by atoms with Gasteiger partial charge in [0.15, 0.2) is 0 Å². The van der Waals surface area contributed by atoms with Crippen LogP contribution in [0.4, 0.5) is 5.69 Å². The van der Waals surface area contributed by atoms with Crippen LogP contribution in [-0.4, -0.2) is 6.61 Å². The van der Waals surface area contributed by atoms with Crippen molar-refractivity contribution in [1.82, 2.24) is 0 Å². The van der Waals surface area contributed by atoms with Crippen LogP contribution in [0.15, 0.2) is 22.7 Å². The molecule has 0 aromatic heterocycles. The average molecular weight is 298 g/mol. The fourth-order valence-corrected chi connectivity index (χ4v) is 2.88. The van der Waals surface area contributed by atoms with Crippen LogP contribution < -0.4 is 5.73 Å². The molecule has 2 N–H and O–H groups in total. The van der Waals surface area contributed by atoms with E-state index in [2.05, 4.69) is 15.9 Å². The number of anilines is 1. The van der Waals surface area contributed by atoms with Gasteiger partial charge in [0.25, 0.3) is 0 Å². The lowest BCUT2D eigenvalue weighted by atomic mass is 9.90. The van der Waals surface area contributed by atoms with Gasteiger partial charge < -0.3 is 10.5 Å². The lowest BCUT2D eigenvalue weighted by molar-refractivity contribution is 0.0736. The summed E-state index contributed by atoms with van der Waals surface area (Å²) in [5.41, 5.74) is 7.66. The van der Waals surface area contributed by atoms with Crippen molar-refractivity contribution in [3.63, 3.8) is 0 Å². The highest BCUT2D eigenvalue weighted by Gasteiger charge is 2.13. The molecule has 0 unspecified atom stereocenters. The second kappa shape index (κ2) is 6.41. The molecule has 0 heterocycles. The van der Waals surface area contributed by atoms with Gasteiger partial charge in [0, 0.05) is 16.8 Å². The van der Waals surface area contributed by atoms with E-state index in [9.17, 15) is 0 Å². The molecule has 1 aliphatic rings. The molecule has 0 bridgehead atoms. The number of halogens is 1. The van der Waals surface area contributed by atoms with E-state index in [0.717, 1.165) is 22.7 Å². The molecule has 0 atom stereocenters. The predicted molar refractivity (Wildman–Crippen MR) is 74.8 cm³/mol. The van der Waals surface area contributed by atoms with Crippen molar-refractivity contribution >= 4 is 21.6 Å². The molecule has 2 nitrogen and oxygen atoms in total. The first-order chi connectivity index (χ1) is 8.25. The Kier molecular flexibility index (Phi) is 4.86. The molecule has 3 heteroatoms. The maximum atomic E-state index is 5.81. The molecule has 94 valence electrons. The van der Waals surface area contributed by atoms with Crippen LogP contribution in [0.1, 0.15) is 37.7 Å². The van der Waals surface area contributed by atoms with Crippen LogP contribution in [0.3, 0.4) is 0 Å². The summed E-state index contributed by atoms with van der Waals surface area (Å²) in [4.78, 5) is 0. The number of hydrogen-bond acceptors (Lipinski definition) is 2. The highest BCUT2D eigenvalue weighted by atomic mass is 79.9. The Morgan fingerprint density at radius 2 is 2.00 bits per heavy atom. The van der Waals surface area contributed by atoms with Gasteiger partial charge >= 0.3 is 0 Å². The largest absolute Gasteiger partial charge is 0.399 e. The molecule has 0 amide bonds. The minimum absolute atomic E-state index is 0.678. The molecule has 2 rings (SSSR count). The predicted octanol–water partition coefficient (Wildman–Crippen LogP) is 4.13. The van der Waals surface area contributed by atoms with Gasteiger partial charge in [-0.3, -0.25) is 0 Å². The molecule has 0 aliphatic heterocycles. The summed E-state index contributed by atoms with van der Waals surface area (Å²) in [6.45, 7) is 1.58. The third-order valence-corrected chi connectivity index (χ3v) is 4.15. The Morgan fingerprint density at radius 1 is 1.24 bits per heavy atom. The number of hydrogen-bond donors (Lipinski definition) is 1. The summed E-state index contributed by atoms with van der Waals surface area (Å²) in [5, 5.41) is 0. The topological polar surface area (TPSA) is 35.2 Å². The summed E-state index contributed by atoms with van der Waals surface area (Å²) >= 11 is 3.51. The molecule has 1 aromatic carbocycles.